The van der Waals surface area contributed by atoms with Gasteiger partial charge in [0, 0.05) is 13.7 Å². The van der Waals surface area contributed by atoms with Crippen molar-refractivity contribution in [2.75, 3.05) is 19.5 Å². The van der Waals surface area contributed by atoms with Gasteiger partial charge in [0.25, 0.3) is 0 Å². The fourth-order valence-electron chi connectivity index (χ4n) is 1.08. The number of sulfonamides is 1. The Morgan fingerprint density at radius 2 is 2.25 bits per heavy atom. The average molecular weight is 251 g/mol. The van der Waals surface area contributed by atoms with Crippen LogP contribution in [0.2, 0.25) is 0 Å². The third kappa shape index (κ3) is 6.54. The number of nitrogens with one attached hydrogen (secondary N) is 1. The molecule has 0 rings (SSSR count). The Labute approximate surface area is 95.3 Å². The molecule has 16 heavy (non-hydrogen) atoms. The summed E-state index contributed by atoms with van der Waals surface area (Å²) in [4.78, 5) is 10.8. The average Bonchev–Trinajstić information content (AvgIpc) is 2.16. The van der Waals surface area contributed by atoms with Gasteiger partial charge in [-0.15, -0.1) is 6.58 Å². The first-order chi connectivity index (χ1) is 7.43. The van der Waals surface area contributed by atoms with E-state index in [1.165, 1.54) is 13.2 Å². The van der Waals surface area contributed by atoms with Crippen molar-refractivity contribution in [3.05, 3.63) is 12.7 Å². The van der Waals surface area contributed by atoms with Crippen LogP contribution in [0.1, 0.15) is 12.8 Å². The molecule has 0 radical (unpaired) electrons. The van der Waals surface area contributed by atoms with Crippen LogP contribution in [0.25, 0.3) is 0 Å². The van der Waals surface area contributed by atoms with E-state index >= 15 is 0 Å². The minimum atomic E-state index is -3.60. The van der Waals surface area contributed by atoms with E-state index < -0.39 is 22.0 Å². The number of carbonyl (C=O) groups is 1. The van der Waals surface area contributed by atoms with Crippen LogP contribution < -0.4 is 4.72 Å². The van der Waals surface area contributed by atoms with Crippen LogP contribution in [-0.2, 0) is 19.6 Å². The molecule has 0 spiro atoms. The maximum Gasteiger partial charge on any atom is 0.321 e. The van der Waals surface area contributed by atoms with Gasteiger partial charge in [0.2, 0.25) is 10.0 Å². The fraction of sp³-hybridized carbons (Fsp3) is 0.667. The summed E-state index contributed by atoms with van der Waals surface area (Å²) in [5.41, 5.74) is 0. The molecule has 0 aliphatic heterocycles. The Hall–Kier alpha value is -0.920. The van der Waals surface area contributed by atoms with E-state index in [-0.39, 0.29) is 12.2 Å². The van der Waals surface area contributed by atoms with Crippen LogP contribution in [0.3, 0.4) is 0 Å². The van der Waals surface area contributed by atoms with Crippen LogP contribution >= 0.6 is 0 Å². The van der Waals surface area contributed by atoms with Gasteiger partial charge in [-0.1, -0.05) is 6.08 Å². The number of ether oxygens (including phenoxy) is 1. The quantitative estimate of drug-likeness (QED) is 0.443. The normalized spacial score (nSPS) is 13.3. The van der Waals surface area contributed by atoms with E-state index in [1.54, 1.807) is 0 Å². The van der Waals surface area contributed by atoms with E-state index in [0.29, 0.717) is 13.0 Å². The Bertz CT molecular complexity index is 325. The molecular weight excluding hydrogens is 234 g/mol. The van der Waals surface area contributed by atoms with Gasteiger partial charge in [0.05, 0.1) is 5.75 Å². The SMILES string of the molecule is C=CCS(=O)(=O)NC(CCCOC)C(=O)O. The molecule has 6 nitrogen and oxygen atoms in total. The van der Waals surface area contributed by atoms with Crippen molar-refractivity contribution in [2.45, 2.75) is 18.9 Å². The standard InChI is InChI=1S/C9H17NO5S/c1-3-7-16(13,14)10-8(9(11)12)5-4-6-15-2/h3,8,10H,1,4-7H2,2H3,(H,11,12). The minimum Gasteiger partial charge on any atom is -0.480 e. The first-order valence-corrected chi connectivity index (χ1v) is 6.41. The number of hydrogen-bond acceptors (Lipinski definition) is 4. The van der Waals surface area contributed by atoms with Crippen LogP contribution in [0.15, 0.2) is 12.7 Å². The molecule has 2 N–H and O–H groups in total. The van der Waals surface area contributed by atoms with Crippen LogP contribution in [0, 0.1) is 0 Å². The van der Waals surface area contributed by atoms with Gasteiger partial charge in [-0.2, -0.15) is 0 Å². The molecule has 94 valence electrons. The Morgan fingerprint density at radius 3 is 2.69 bits per heavy atom. The molecule has 0 fully saturated rings. The molecular formula is C9H17NO5S. The maximum absolute atomic E-state index is 11.3. The molecule has 0 aliphatic carbocycles. The largest absolute Gasteiger partial charge is 0.480 e. The molecule has 0 aromatic rings. The Morgan fingerprint density at radius 1 is 1.62 bits per heavy atom. The predicted molar refractivity (Wildman–Crippen MR) is 59.7 cm³/mol. The lowest BCUT2D eigenvalue weighted by molar-refractivity contribution is -0.139. The minimum absolute atomic E-state index is 0.194. The second-order valence-corrected chi connectivity index (χ2v) is 5.01. The highest BCUT2D eigenvalue weighted by atomic mass is 32.2. The smallest absolute Gasteiger partial charge is 0.321 e. The molecule has 0 saturated carbocycles. The molecule has 1 atom stereocenters. The summed E-state index contributed by atoms with van der Waals surface area (Å²) in [6, 6.07) is -1.11. The summed E-state index contributed by atoms with van der Waals surface area (Å²) in [5, 5.41) is 8.81. The van der Waals surface area contributed by atoms with Crippen molar-refractivity contribution in [3.63, 3.8) is 0 Å². The highest BCUT2D eigenvalue weighted by Crippen LogP contribution is 2.01. The van der Waals surface area contributed by atoms with Gasteiger partial charge >= 0.3 is 5.97 Å². The summed E-state index contributed by atoms with van der Waals surface area (Å²) in [7, 11) is -2.11. The van der Waals surface area contributed by atoms with Gasteiger partial charge in [-0.3, -0.25) is 4.79 Å². The summed E-state index contributed by atoms with van der Waals surface area (Å²) in [6.45, 7) is 3.68. The van der Waals surface area contributed by atoms with Crippen molar-refractivity contribution < 1.29 is 23.1 Å². The molecule has 0 aromatic carbocycles. The zero-order valence-corrected chi connectivity index (χ0v) is 10.00. The van der Waals surface area contributed by atoms with E-state index in [4.69, 9.17) is 9.84 Å². The zero-order valence-electron chi connectivity index (χ0n) is 9.18. The van der Waals surface area contributed by atoms with E-state index in [1.807, 2.05) is 0 Å². The highest BCUT2D eigenvalue weighted by Gasteiger charge is 2.22. The molecule has 0 heterocycles. The van der Waals surface area contributed by atoms with E-state index in [2.05, 4.69) is 11.3 Å². The van der Waals surface area contributed by atoms with Gasteiger partial charge < -0.3 is 9.84 Å². The number of hydrogen-bond donors (Lipinski definition) is 2. The second kappa shape index (κ2) is 7.37. The lowest BCUT2D eigenvalue weighted by Crippen LogP contribution is -2.41. The van der Waals surface area contributed by atoms with Crippen molar-refractivity contribution >= 4 is 16.0 Å². The summed E-state index contributed by atoms with van der Waals surface area (Å²) >= 11 is 0. The molecule has 0 saturated heterocycles. The first kappa shape index (κ1) is 15.1. The van der Waals surface area contributed by atoms with Gasteiger partial charge in [0.1, 0.15) is 6.04 Å². The predicted octanol–water partition coefficient (Wildman–Crippen LogP) is -0.0284. The van der Waals surface area contributed by atoms with Crippen LogP contribution in [-0.4, -0.2) is 45.0 Å². The number of carboxylic acids is 1. The van der Waals surface area contributed by atoms with Crippen molar-refractivity contribution in [1.29, 1.82) is 0 Å². The summed E-state index contributed by atoms with van der Waals surface area (Å²) < 4.78 is 29.5. The van der Waals surface area contributed by atoms with Gasteiger partial charge in [-0.25, -0.2) is 13.1 Å². The molecule has 0 aromatic heterocycles. The lowest BCUT2D eigenvalue weighted by atomic mass is 10.2. The molecule has 0 bridgehead atoms. The second-order valence-electron chi connectivity index (χ2n) is 3.21. The summed E-state index contributed by atoms with van der Waals surface area (Å²) in [6.07, 6.45) is 1.88. The molecule has 0 amide bonds. The zero-order chi connectivity index (χ0) is 12.6. The topological polar surface area (TPSA) is 92.7 Å². The maximum atomic E-state index is 11.3. The molecule has 7 heteroatoms. The third-order valence-corrected chi connectivity index (χ3v) is 3.12. The van der Waals surface area contributed by atoms with Crippen LogP contribution in [0.5, 0.6) is 0 Å². The number of aliphatic carboxylic acids is 1. The van der Waals surface area contributed by atoms with Crippen molar-refractivity contribution in [1.82, 2.24) is 4.72 Å². The lowest BCUT2D eigenvalue weighted by Gasteiger charge is -2.13. The Balaban J connectivity index is 4.33. The highest BCUT2D eigenvalue weighted by molar-refractivity contribution is 7.89. The summed E-state index contributed by atoms with van der Waals surface area (Å²) in [5.74, 6) is -1.48. The first-order valence-electron chi connectivity index (χ1n) is 4.75. The van der Waals surface area contributed by atoms with Crippen molar-refractivity contribution in [3.8, 4) is 0 Å². The van der Waals surface area contributed by atoms with Gasteiger partial charge in [-0.05, 0) is 12.8 Å². The number of methoxy groups -OCH3 is 1. The van der Waals surface area contributed by atoms with Gasteiger partial charge in [0.15, 0.2) is 0 Å². The molecule has 0 aliphatic rings. The number of carboxylic acid groups (broad SMARTS) is 1. The Kier molecular flexibility index (Phi) is 6.95. The number of rotatable bonds is 9. The van der Waals surface area contributed by atoms with Crippen LogP contribution in [0.4, 0.5) is 0 Å². The third-order valence-electron chi connectivity index (χ3n) is 1.80. The monoisotopic (exact) mass is 251 g/mol. The van der Waals surface area contributed by atoms with E-state index in [9.17, 15) is 13.2 Å². The van der Waals surface area contributed by atoms with E-state index in [0.717, 1.165) is 0 Å². The van der Waals surface area contributed by atoms with Crippen molar-refractivity contribution in [2.24, 2.45) is 0 Å². The fourth-order valence-corrected chi connectivity index (χ4v) is 2.14. The molecule has 1 unspecified atom stereocenters.